The van der Waals surface area contributed by atoms with E-state index in [0.29, 0.717) is 17.7 Å². The summed E-state index contributed by atoms with van der Waals surface area (Å²) >= 11 is 0. The fraction of sp³-hybridized carbons (Fsp3) is 0.512. The highest BCUT2D eigenvalue weighted by atomic mass is 19.1. The minimum Gasteiger partial charge on any atom is -0.479 e. The monoisotopic (exact) mass is 732 g/mol. The number of nitrogens with one attached hydrogen (secondary N) is 1. The third-order valence-corrected chi connectivity index (χ3v) is 13.0. The van der Waals surface area contributed by atoms with Crippen molar-refractivity contribution in [3.05, 3.63) is 89.0 Å². The van der Waals surface area contributed by atoms with E-state index < -0.39 is 82.3 Å². The quantitative estimate of drug-likeness (QED) is 0.267. The normalized spacial score (nSPS) is 38.1. The van der Waals surface area contributed by atoms with Gasteiger partial charge in [-0.05, 0) is 86.4 Å². The number of aliphatic hydroxyl groups is 1. The number of anilines is 1. The van der Waals surface area contributed by atoms with E-state index in [2.05, 4.69) is 5.32 Å². The lowest BCUT2D eigenvalue weighted by molar-refractivity contribution is -0.240. The van der Waals surface area contributed by atoms with Crippen LogP contribution < -0.4 is 11.1 Å². The third kappa shape index (κ3) is 5.63. The number of alkyl halides is 2. The second-order valence-corrected chi connectivity index (χ2v) is 16.2. The van der Waals surface area contributed by atoms with Crippen LogP contribution in [0.3, 0.4) is 0 Å². The summed E-state index contributed by atoms with van der Waals surface area (Å²) < 4.78 is 46.2. The maximum Gasteiger partial charge on any atom is 0.339 e. The Labute approximate surface area is 306 Å². The number of fused-ring (bicyclic) bond motifs is 7. The van der Waals surface area contributed by atoms with Crippen LogP contribution in [0.15, 0.2) is 72.3 Å². The standard InChI is InChI=1S/C41H46F2N2O8/c1-21(14-32(47)22(2)44)35(49)45-26-7-5-6-24(16-26)15-23-8-10-25(11-9-23)36-52-34-19-28-29-18-31(42)30-17-27(46)12-13-38(30,3)40(29,43)33(48)20-39(28,4)41(34,53-36)37(50)51/h5-13,16-17,21-22,28-29,31,33-34,36,48H,14-15,18-20,44H2,1-4H3,(H,45,49)(H,50,51)/t21-,22+,28+,29+,31+,33+,34-,36?,38+,39+,40+,41+/m1/s1. The molecule has 3 saturated carbocycles. The van der Waals surface area contributed by atoms with Crippen molar-refractivity contribution >= 4 is 29.1 Å². The highest BCUT2D eigenvalue weighted by molar-refractivity contribution is 6.01. The molecule has 5 N–H and O–H groups in total. The SMILES string of the molecule is C[C@H](N)C(=O)C[C@@H](C)C(=O)Nc1cccc(Cc2ccc(C3O[C@@H]4C[C@H]5[C@@H]6C[C@H](F)C7=CC(=O)C=C[C@]7(C)[C@@]6(F)[C@@H](O)C[C@]5(C)[C@]4(C(=O)O)O3)cc2)c1. The zero-order valence-electron chi connectivity index (χ0n) is 30.2. The summed E-state index contributed by atoms with van der Waals surface area (Å²) in [5, 5.41) is 25.3. The molecule has 12 heteroatoms. The van der Waals surface area contributed by atoms with E-state index in [1.54, 1.807) is 39.0 Å². The van der Waals surface area contributed by atoms with Gasteiger partial charge in [0.2, 0.25) is 5.91 Å². The Morgan fingerprint density at radius 3 is 2.45 bits per heavy atom. The fourth-order valence-corrected chi connectivity index (χ4v) is 10.1. The van der Waals surface area contributed by atoms with Crippen LogP contribution in [-0.2, 0) is 35.1 Å². The van der Waals surface area contributed by atoms with Crippen molar-refractivity contribution in [1.29, 1.82) is 0 Å². The molecule has 1 amide bonds. The second-order valence-electron chi connectivity index (χ2n) is 16.2. The van der Waals surface area contributed by atoms with Crippen LogP contribution in [0.5, 0.6) is 0 Å². The largest absolute Gasteiger partial charge is 0.479 e. The average Bonchev–Trinajstić information content (AvgIpc) is 3.61. The molecule has 10 nitrogen and oxygen atoms in total. The summed E-state index contributed by atoms with van der Waals surface area (Å²) in [6, 6.07) is 14.1. The van der Waals surface area contributed by atoms with Gasteiger partial charge in [0.15, 0.2) is 23.3 Å². The van der Waals surface area contributed by atoms with Crippen molar-refractivity contribution in [2.24, 2.45) is 34.3 Å². The van der Waals surface area contributed by atoms with Crippen molar-refractivity contribution in [2.45, 2.75) is 102 Å². The molecule has 282 valence electrons. The molecule has 2 aromatic rings. The Morgan fingerprint density at radius 1 is 1.06 bits per heavy atom. The smallest absolute Gasteiger partial charge is 0.339 e. The molecule has 4 fully saturated rings. The number of amides is 1. The van der Waals surface area contributed by atoms with Crippen molar-refractivity contribution in [1.82, 2.24) is 0 Å². The predicted octanol–water partition coefficient (Wildman–Crippen LogP) is 5.32. The fourth-order valence-electron chi connectivity index (χ4n) is 10.1. The predicted molar refractivity (Wildman–Crippen MR) is 190 cm³/mol. The van der Waals surface area contributed by atoms with E-state index >= 15 is 8.78 Å². The summed E-state index contributed by atoms with van der Waals surface area (Å²) in [5.41, 5.74) is 1.52. The number of carboxylic acids is 1. The van der Waals surface area contributed by atoms with Crippen LogP contribution in [0.1, 0.15) is 76.4 Å². The van der Waals surface area contributed by atoms with Crippen molar-refractivity contribution in [2.75, 3.05) is 5.32 Å². The second kappa shape index (κ2) is 13.0. The number of aliphatic hydroxyl groups excluding tert-OH is 1. The number of carboxylic acid groups (broad SMARTS) is 1. The first-order valence-electron chi connectivity index (χ1n) is 18.2. The number of aliphatic carboxylic acids is 1. The molecule has 4 aliphatic carbocycles. The lowest BCUT2D eigenvalue weighted by Gasteiger charge is -2.62. The zero-order valence-corrected chi connectivity index (χ0v) is 30.2. The maximum atomic E-state index is 17.6. The number of carbonyl (C=O) groups excluding carboxylic acids is 3. The van der Waals surface area contributed by atoms with E-state index in [4.69, 9.17) is 15.2 Å². The van der Waals surface area contributed by atoms with E-state index in [0.717, 1.165) is 17.2 Å². The van der Waals surface area contributed by atoms with Gasteiger partial charge >= 0.3 is 5.97 Å². The van der Waals surface area contributed by atoms with E-state index in [-0.39, 0.29) is 42.9 Å². The Bertz CT molecular complexity index is 1910. The van der Waals surface area contributed by atoms with E-state index in [1.165, 1.54) is 19.1 Å². The first-order chi connectivity index (χ1) is 24.9. The van der Waals surface area contributed by atoms with Crippen molar-refractivity contribution in [3.63, 3.8) is 0 Å². The number of carbonyl (C=O) groups is 4. The van der Waals surface area contributed by atoms with Crippen LogP contribution >= 0.6 is 0 Å². The number of hydrogen-bond donors (Lipinski definition) is 4. The third-order valence-electron chi connectivity index (χ3n) is 13.0. The van der Waals surface area contributed by atoms with E-state index in [9.17, 15) is 29.4 Å². The van der Waals surface area contributed by atoms with Gasteiger partial charge < -0.3 is 30.7 Å². The minimum absolute atomic E-state index is 0.00479. The number of nitrogens with two attached hydrogens (primary N) is 1. The molecule has 1 heterocycles. The first kappa shape index (κ1) is 37.2. The maximum absolute atomic E-state index is 17.6. The number of ketones is 2. The number of rotatable bonds is 9. The Hall–Kier alpha value is -4.10. The molecule has 5 aliphatic rings. The van der Waals surface area contributed by atoms with Crippen LogP contribution in [-0.4, -0.2) is 69.3 Å². The summed E-state index contributed by atoms with van der Waals surface area (Å²) in [6.45, 7) is 6.46. The summed E-state index contributed by atoms with van der Waals surface area (Å²) in [5.74, 6) is -4.47. The summed E-state index contributed by atoms with van der Waals surface area (Å²) in [4.78, 5) is 50.1. The van der Waals surface area contributed by atoms with Gasteiger partial charge in [-0.2, -0.15) is 0 Å². The van der Waals surface area contributed by atoms with Crippen molar-refractivity contribution in [3.8, 4) is 0 Å². The Kier molecular flexibility index (Phi) is 9.16. The van der Waals surface area contributed by atoms with Gasteiger partial charge in [0.05, 0.1) is 12.1 Å². The molecular weight excluding hydrogens is 686 g/mol. The lowest BCUT2D eigenvalue weighted by atomic mass is 9.44. The van der Waals surface area contributed by atoms with Crippen LogP contribution in [0, 0.1) is 28.6 Å². The van der Waals surface area contributed by atoms with E-state index in [1.807, 2.05) is 30.3 Å². The molecule has 12 atom stereocenters. The lowest BCUT2D eigenvalue weighted by Crippen LogP contribution is -2.70. The summed E-state index contributed by atoms with van der Waals surface area (Å²) in [7, 11) is 0. The van der Waals surface area contributed by atoms with Crippen LogP contribution in [0.2, 0.25) is 0 Å². The number of ether oxygens (including phenoxy) is 2. The molecule has 0 aromatic heterocycles. The zero-order chi connectivity index (χ0) is 38.2. The number of halogens is 2. The molecule has 1 aliphatic heterocycles. The molecular formula is C41H46F2N2O8. The molecule has 1 saturated heterocycles. The number of benzene rings is 2. The number of Topliss-reactive ketones (excluding diaryl/α,β-unsaturated/α-hetero) is 1. The first-order valence-corrected chi connectivity index (χ1v) is 18.2. The van der Waals surface area contributed by atoms with Gasteiger partial charge in [0.25, 0.3) is 0 Å². The average molecular weight is 733 g/mol. The van der Waals surface area contributed by atoms with Crippen LogP contribution in [0.4, 0.5) is 14.5 Å². The highest BCUT2D eigenvalue weighted by Crippen LogP contribution is 2.72. The molecule has 0 bridgehead atoms. The molecule has 53 heavy (non-hydrogen) atoms. The Balaban J connectivity index is 1.07. The molecule has 0 radical (unpaired) electrons. The summed E-state index contributed by atoms with van der Waals surface area (Å²) in [6.07, 6.45) is -1.53. The van der Waals surface area contributed by atoms with Gasteiger partial charge in [-0.25, -0.2) is 13.6 Å². The topological polar surface area (TPSA) is 165 Å². The van der Waals surface area contributed by atoms with Gasteiger partial charge in [-0.1, -0.05) is 56.3 Å². The van der Waals surface area contributed by atoms with Gasteiger partial charge in [-0.3, -0.25) is 14.4 Å². The Morgan fingerprint density at radius 2 is 1.77 bits per heavy atom. The van der Waals surface area contributed by atoms with Crippen LogP contribution in [0.25, 0.3) is 0 Å². The number of allylic oxidation sites excluding steroid dienone is 4. The van der Waals surface area contributed by atoms with Gasteiger partial charge in [0.1, 0.15) is 18.1 Å². The highest BCUT2D eigenvalue weighted by Gasteiger charge is 2.80. The molecule has 1 unspecified atom stereocenters. The van der Waals surface area contributed by atoms with Gasteiger partial charge in [-0.15, -0.1) is 0 Å². The van der Waals surface area contributed by atoms with Gasteiger partial charge in [0, 0.05) is 40.3 Å². The number of hydrogen-bond acceptors (Lipinski definition) is 8. The molecule has 0 spiro atoms. The molecule has 7 rings (SSSR count). The van der Waals surface area contributed by atoms with Crippen molar-refractivity contribution < 1.29 is 47.6 Å². The minimum atomic E-state index is -2.34. The molecule has 2 aromatic carbocycles.